The Labute approximate surface area is 92.7 Å². The average Bonchev–Trinajstić information content (AvgIpc) is 2.57. The maximum atomic E-state index is 11.5. The van der Waals surface area contributed by atoms with Crippen molar-refractivity contribution >= 4 is 17.3 Å². The zero-order valence-corrected chi connectivity index (χ0v) is 8.55. The SMILES string of the molecule is N#Cc1ccc(N2CC(O)CC2=O)c(N)c1. The number of aliphatic hydroxyl groups is 1. The highest BCUT2D eigenvalue weighted by Gasteiger charge is 2.30. The number of nitrogens with two attached hydrogens (primary N) is 1. The van der Waals surface area contributed by atoms with Gasteiger partial charge < -0.3 is 15.7 Å². The van der Waals surface area contributed by atoms with E-state index in [-0.39, 0.29) is 18.9 Å². The molecule has 5 nitrogen and oxygen atoms in total. The number of hydrogen-bond donors (Lipinski definition) is 2. The Morgan fingerprint density at radius 1 is 1.56 bits per heavy atom. The normalized spacial score (nSPS) is 19.9. The maximum absolute atomic E-state index is 11.5. The second-order valence-electron chi connectivity index (χ2n) is 3.75. The third-order valence-corrected chi connectivity index (χ3v) is 2.55. The molecule has 1 fully saturated rings. The number of anilines is 2. The Morgan fingerprint density at radius 2 is 2.31 bits per heavy atom. The van der Waals surface area contributed by atoms with Crippen LogP contribution in [-0.2, 0) is 4.79 Å². The molecule has 5 heteroatoms. The molecule has 1 unspecified atom stereocenters. The first-order valence-corrected chi connectivity index (χ1v) is 4.90. The first-order valence-electron chi connectivity index (χ1n) is 4.90. The average molecular weight is 217 g/mol. The van der Waals surface area contributed by atoms with E-state index in [0.29, 0.717) is 16.9 Å². The van der Waals surface area contributed by atoms with Gasteiger partial charge in [-0.2, -0.15) is 5.26 Å². The van der Waals surface area contributed by atoms with Gasteiger partial charge in [-0.1, -0.05) is 0 Å². The lowest BCUT2D eigenvalue weighted by atomic mass is 10.2. The number of nitriles is 1. The molecule has 0 spiro atoms. The molecular weight excluding hydrogens is 206 g/mol. The van der Waals surface area contributed by atoms with Gasteiger partial charge in [0.05, 0.1) is 42.1 Å². The molecule has 16 heavy (non-hydrogen) atoms. The quantitative estimate of drug-likeness (QED) is 0.659. The van der Waals surface area contributed by atoms with Crippen molar-refractivity contribution in [1.29, 1.82) is 5.26 Å². The van der Waals surface area contributed by atoms with Gasteiger partial charge in [0, 0.05) is 0 Å². The molecule has 0 aromatic heterocycles. The molecule has 2 rings (SSSR count). The molecule has 0 aliphatic carbocycles. The van der Waals surface area contributed by atoms with E-state index in [1.54, 1.807) is 12.1 Å². The fourth-order valence-corrected chi connectivity index (χ4v) is 1.79. The number of hydrogen-bond acceptors (Lipinski definition) is 4. The summed E-state index contributed by atoms with van der Waals surface area (Å²) in [4.78, 5) is 13.0. The van der Waals surface area contributed by atoms with Crippen molar-refractivity contribution in [3.05, 3.63) is 23.8 Å². The molecule has 1 heterocycles. The second-order valence-corrected chi connectivity index (χ2v) is 3.75. The topological polar surface area (TPSA) is 90.4 Å². The molecule has 0 saturated carbocycles. The van der Waals surface area contributed by atoms with Gasteiger partial charge in [-0.05, 0) is 18.2 Å². The first-order chi connectivity index (χ1) is 7.61. The van der Waals surface area contributed by atoms with E-state index in [0.717, 1.165) is 0 Å². The van der Waals surface area contributed by atoms with Crippen LogP contribution in [0, 0.1) is 11.3 Å². The Kier molecular flexibility index (Phi) is 2.50. The van der Waals surface area contributed by atoms with Crippen LogP contribution in [0.3, 0.4) is 0 Å². The number of nitrogen functional groups attached to an aromatic ring is 1. The minimum Gasteiger partial charge on any atom is -0.397 e. The van der Waals surface area contributed by atoms with Crippen LogP contribution in [0.15, 0.2) is 18.2 Å². The van der Waals surface area contributed by atoms with Crippen LogP contribution < -0.4 is 10.6 Å². The number of nitrogens with zero attached hydrogens (tertiary/aromatic N) is 2. The smallest absolute Gasteiger partial charge is 0.229 e. The molecule has 1 atom stereocenters. The van der Waals surface area contributed by atoms with E-state index in [2.05, 4.69) is 0 Å². The van der Waals surface area contributed by atoms with Gasteiger partial charge in [-0.15, -0.1) is 0 Å². The van der Waals surface area contributed by atoms with Crippen molar-refractivity contribution in [1.82, 2.24) is 0 Å². The Bertz CT molecular complexity index is 479. The monoisotopic (exact) mass is 217 g/mol. The van der Waals surface area contributed by atoms with Crippen LogP contribution in [0.5, 0.6) is 0 Å². The highest BCUT2D eigenvalue weighted by Crippen LogP contribution is 2.28. The number of benzene rings is 1. The number of carbonyl (C=O) groups excluding carboxylic acids is 1. The van der Waals surface area contributed by atoms with Crippen LogP contribution in [0.2, 0.25) is 0 Å². The molecule has 1 amide bonds. The van der Waals surface area contributed by atoms with E-state index >= 15 is 0 Å². The zero-order valence-electron chi connectivity index (χ0n) is 8.55. The number of rotatable bonds is 1. The Balaban J connectivity index is 2.35. The predicted octanol–water partition coefficient (Wildman–Crippen LogP) is 0.238. The molecule has 1 aliphatic heterocycles. The maximum Gasteiger partial charge on any atom is 0.229 e. The van der Waals surface area contributed by atoms with Gasteiger partial charge in [-0.3, -0.25) is 4.79 Å². The van der Waals surface area contributed by atoms with E-state index < -0.39 is 6.10 Å². The minimum absolute atomic E-state index is 0.124. The summed E-state index contributed by atoms with van der Waals surface area (Å²) in [5, 5.41) is 18.1. The fourth-order valence-electron chi connectivity index (χ4n) is 1.79. The number of β-amino-alcohol motifs (C(OH)–C–C–N with tert-alkyl or cyclic N) is 1. The molecule has 1 aliphatic rings. The highest BCUT2D eigenvalue weighted by atomic mass is 16.3. The highest BCUT2D eigenvalue weighted by molar-refractivity contribution is 5.98. The van der Waals surface area contributed by atoms with E-state index in [1.807, 2.05) is 6.07 Å². The van der Waals surface area contributed by atoms with E-state index in [9.17, 15) is 9.90 Å². The minimum atomic E-state index is -0.637. The Morgan fingerprint density at radius 3 is 2.81 bits per heavy atom. The number of aliphatic hydroxyl groups excluding tert-OH is 1. The second kappa shape index (κ2) is 3.83. The van der Waals surface area contributed by atoms with Gasteiger partial charge in [-0.25, -0.2) is 0 Å². The molecule has 1 aromatic rings. The summed E-state index contributed by atoms with van der Waals surface area (Å²) in [6, 6.07) is 6.72. The largest absolute Gasteiger partial charge is 0.397 e. The third-order valence-electron chi connectivity index (χ3n) is 2.55. The van der Waals surface area contributed by atoms with Crippen molar-refractivity contribution in [2.75, 3.05) is 17.2 Å². The van der Waals surface area contributed by atoms with E-state index in [1.165, 1.54) is 11.0 Å². The summed E-state index contributed by atoms with van der Waals surface area (Å²) in [5.41, 5.74) is 7.14. The summed E-state index contributed by atoms with van der Waals surface area (Å²) in [6.07, 6.45) is -0.512. The lowest BCUT2D eigenvalue weighted by Gasteiger charge is -2.17. The van der Waals surface area contributed by atoms with Crippen molar-refractivity contribution in [2.24, 2.45) is 0 Å². The molecule has 0 radical (unpaired) electrons. The van der Waals surface area contributed by atoms with Gasteiger partial charge >= 0.3 is 0 Å². The summed E-state index contributed by atoms with van der Waals surface area (Å²) in [5.74, 6) is -0.149. The van der Waals surface area contributed by atoms with Gasteiger partial charge in [0.1, 0.15) is 0 Å². The lowest BCUT2D eigenvalue weighted by Crippen LogP contribution is -2.26. The van der Waals surface area contributed by atoms with Crippen LogP contribution in [0.1, 0.15) is 12.0 Å². The van der Waals surface area contributed by atoms with Crippen LogP contribution in [0.25, 0.3) is 0 Å². The molecular formula is C11H11N3O2. The molecule has 1 aromatic carbocycles. The van der Waals surface area contributed by atoms with E-state index in [4.69, 9.17) is 11.0 Å². The predicted molar refractivity (Wildman–Crippen MR) is 58.5 cm³/mol. The standard InChI is InChI=1S/C11H11N3O2/c12-5-7-1-2-10(9(13)3-7)14-6-8(15)4-11(14)16/h1-3,8,15H,4,6,13H2. The lowest BCUT2D eigenvalue weighted by molar-refractivity contribution is -0.117. The van der Waals surface area contributed by atoms with Crippen molar-refractivity contribution in [3.63, 3.8) is 0 Å². The fraction of sp³-hybridized carbons (Fsp3) is 0.273. The number of amides is 1. The van der Waals surface area contributed by atoms with Crippen molar-refractivity contribution < 1.29 is 9.90 Å². The molecule has 0 bridgehead atoms. The summed E-state index contributed by atoms with van der Waals surface area (Å²) in [7, 11) is 0. The van der Waals surface area contributed by atoms with Crippen LogP contribution in [0.4, 0.5) is 11.4 Å². The first kappa shape index (κ1) is 10.5. The van der Waals surface area contributed by atoms with Gasteiger partial charge in [0.2, 0.25) is 5.91 Å². The number of carbonyl (C=O) groups is 1. The molecule has 1 saturated heterocycles. The van der Waals surface area contributed by atoms with Gasteiger partial charge in [0.15, 0.2) is 0 Å². The third kappa shape index (κ3) is 1.71. The molecule has 3 N–H and O–H groups in total. The Hall–Kier alpha value is -2.06. The summed E-state index contributed by atoms with van der Waals surface area (Å²) in [6.45, 7) is 0.259. The molecule has 82 valence electrons. The van der Waals surface area contributed by atoms with Crippen LogP contribution >= 0.6 is 0 Å². The van der Waals surface area contributed by atoms with Gasteiger partial charge in [0.25, 0.3) is 0 Å². The van der Waals surface area contributed by atoms with Crippen molar-refractivity contribution in [2.45, 2.75) is 12.5 Å². The van der Waals surface area contributed by atoms with Crippen LogP contribution in [-0.4, -0.2) is 23.7 Å². The summed E-state index contributed by atoms with van der Waals surface area (Å²) < 4.78 is 0. The zero-order chi connectivity index (χ0) is 11.7. The van der Waals surface area contributed by atoms with Crippen molar-refractivity contribution in [3.8, 4) is 6.07 Å². The summed E-state index contributed by atoms with van der Waals surface area (Å²) >= 11 is 0.